The molecule has 1 saturated carbocycles. The number of likely N-dealkylation sites (tertiary alicyclic amines) is 1. The predicted octanol–water partition coefficient (Wildman–Crippen LogP) is 3.12. The quantitative estimate of drug-likeness (QED) is 0.720. The molecule has 4 heterocycles. The van der Waals surface area contributed by atoms with E-state index in [1.807, 2.05) is 24.1 Å². The molecule has 1 unspecified atom stereocenters. The third-order valence-corrected chi connectivity index (χ3v) is 7.80. The SMILES string of the molecule is CCOC(=O)N1CC2(CCC(N3CCN(c4ncccc4-c4nncs4)C[C@@H]3C)C2)C1. The number of carbonyl (C=O) groups is 1. The molecule has 0 bridgehead atoms. The van der Waals surface area contributed by atoms with Crippen LogP contribution in [0, 0.1) is 5.41 Å². The van der Waals surface area contributed by atoms with Crippen molar-refractivity contribution in [1.29, 1.82) is 0 Å². The average Bonchev–Trinajstić information content (AvgIpc) is 3.43. The molecule has 3 aliphatic rings. The van der Waals surface area contributed by atoms with E-state index in [2.05, 4.69) is 33.0 Å². The second-order valence-electron chi connectivity index (χ2n) is 9.10. The molecular weight excluding hydrogens is 412 g/mol. The van der Waals surface area contributed by atoms with Gasteiger partial charge in [0.05, 0.1) is 12.2 Å². The summed E-state index contributed by atoms with van der Waals surface area (Å²) in [4.78, 5) is 23.6. The van der Waals surface area contributed by atoms with Crippen molar-refractivity contribution >= 4 is 23.2 Å². The van der Waals surface area contributed by atoms with Crippen LogP contribution in [-0.4, -0.2) is 82.5 Å². The largest absolute Gasteiger partial charge is 0.450 e. The fraction of sp³-hybridized carbons (Fsp3) is 0.636. The molecule has 2 saturated heterocycles. The smallest absolute Gasteiger partial charge is 0.409 e. The van der Waals surface area contributed by atoms with Gasteiger partial charge in [-0.05, 0) is 45.2 Å². The maximum Gasteiger partial charge on any atom is 0.409 e. The van der Waals surface area contributed by atoms with Gasteiger partial charge in [0, 0.05) is 56.4 Å². The Kier molecular flexibility index (Phi) is 5.56. The van der Waals surface area contributed by atoms with Gasteiger partial charge < -0.3 is 14.5 Å². The summed E-state index contributed by atoms with van der Waals surface area (Å²) >= 11 is 1.55. The van der Waals surface area contributed by atoms with E-state index >= 15 is 0 Å². The van der Waals surface area contributed by atoms with Crippen LogP contribution >= 0.6 is 11.3 Å². The molecule has 2 aliphatic heterocycles. The van der Waals surface area contributed by atoms with Crippen molar-refractivity contribution in [3.8, 4) is 10.6 Å². The van der Waals surface area contributed by atoms with Crippen LogP contribution in [0.4, 0.5) is 10.6 Å². The molecule has 8 nitrogen and oxygen atoms in total. The summed E-state index contributed by atoms with van der Waals surface area (Å²) in [6, 6.07) is 5.12. The monoisotopic (exact) mass is 442 g/mol. The molecule has 1 aliphatic carbocycles. The minimum Gasteiger partial charge on any atom is -0.450 e. The average molecular weight is 443 g/mol. The first-order valence-electron chi connectivity index (χ1n) is 11.2. The first-order valence-corrected chi connectivity index (χ1v) is 12.1. The second-order valence-corrected chi connectivity index (χ2v) is 9.94. The van der Waals surface area contributed by atoms with Crippen molar-refractivity contribution in [2.24, 2.45) is 5.41 Å². The third-order valence-electron chi connectivity index (χ3n) is 7.08. The Morgan fingerprint density at radius 2 is 2.23 bits per heavy atom. The summed E-state index contributed by atoms with van der Waals surface area (Å²) in [7, 11) is 0. The minimum atomic E-state index is -0.153. The van der Waals surface area contributed by atoms with E-state index in [4.69, 9.17) is 9.72 Å². The van der Waals surface area contributed by atoms with Crippen LogP contribution in [0.2, 0.25) is 0 Å². The maximum atomic E-state index is 12.0. The Morgan fingerprint density at radius 1 is 1.35 bits per heavy atom. The van der Waals surface area contributed by atoms with Gasteiger partial charge in [0.1, 0.15) is 11.3 Å². The van der Waals surface area contributed by atoms with Crippen molar-refractivity contribution in [1.82, 2.24) is 25.0 Å². The number of anilines is 1. The number of ether oxygens (including phenoxy) is 1. The zero-order valence-electron chi connectivity index (χ0n) is 18.2. The predicted molar refractivity (Wildman–Crippen MR) is 120 cm³/mol. The summed E-state index contributed by atoms with van der Waals surface area (Å²) in [6.45, 7) is 9.32. The van der Waals surface area contributed by atoms with Gasteiger partial charge in [-0.1, -0.05) is 11.3 Å². The Balaban J connectivity index is 1.21. The molecule has 166 valence electrons. The topological polar surface area (TPSA) is 74.7 Å². The lowest BCUT2D eigenvalue weighted by molar-refractivity contribution is -0.00468. The molecule has 5 rings (SSSR count). The van der Waals surface area contributed by atoms with E-state index in [0.717, 1.165) is 49.1 Å². The van der Waals surface area contributed by atoms with Gasteiger partial charge in [0.15, 0.2) is 5.01 Å². The van der Waals surface area contributed by atoms with Gasteiger partial charge in [-0.25, -0.2) is 9.78 Å². The molecule has 2 aromatic heterocycles. The highest BCUT2D eigenvalue weighted by atomic mass is 32.1. The van der Waals surface area contributed by atoms with Crippen molar-refractivity contribution in [2.75, 3.05) is 44.2 Å². The van der Waals surface area contributed by atoms with Crippen LogP contribution in [0.5, 0.6) is 0 Å². The maximum absolute atomic E-state index is 12.0. The molecular formula is C22H30N6O2S. The fourth-order valence-electron chi connectivity index (χ4n) is 5.67. The second kappa shape index (κ2) is 8.35. The Bertz CT molecular complexity index is 916. The standard InChI is InChI=1S/C22H30N6O2S/c1-3-30-21(29)27-13-22(14-27)7-6-17(11-22)28-10-9-26(12-16(28)2)19-18(5-4-8-23-19)20-25-24-15-31-20/h4-5,8,15-17H,3,6-7,9-14H2,1-2H3/t16-,17?/m0/s1. The summed E-state index contributed by atoms with van der Waals surface area (Å²) in [5.41, 5.74) is 3.14. The number of nitrogens with zero attached hydrogens (tertiary/aromatic N) is 6. The molecule has 9 heteroatoms. The summed E-state index contributed by atoms with van der Waals surface area (Å²) in [6.07, 6.45) is 5.33. The van der Waals surface area contributed by atoms with Crippen LogP contribution in [-0.2, 0) is 4.74 Å². The molecule has 0 N–H and O–H groups in total. The Labute approximate surface area is 187 Å². The molecule has 1 amide bonds. The number of amides is 1. The van der Waals surface area contributed by atoms with E-state index < -0.39 is 0 Å². The highest BCUT2D eigenvalue weighted by Crippen LogP contribution is 2.48. The number of rotatable bonds is 4. The van der Waals surface area contributed by atoms with Crippen molar-refractivity contribution in [3.63, 3.8) is 0 Å². The van der Waals surface area contributed by atoms with Crippen LogP contribution < -0.4 is 4.90 Å². The first kappa shape index (κ1) is 20.6. The number of piperazine rings is 1. The lowest BCUT2D eigenvalue weighted by Crippen LogP contribution is -2.59. The zero-order valence-corrected chi connectivity index (χ0v) is 19.1. The van der Waals surface area contributed by atoms with Gasteiger partial charge in [0.25, 0.3) is 0 Å². The van der Waals surface area contributed by atoms with Crippen LogP contribution in [0.15, 0.2) is 23.8 Å². The lowest BCUT2D eigenvalue weighted by Gasteiger charge is -2.49. The number of aromatic nitrogens is 3. The molecule has 3 fully saturated rings. The molecule has 1 spiro atoms. The Morgan fingerprint density at radius 3 is 2.97 bits per heavy atom. The summed E-state index contributed by atoms with van der Waals surface area (Å²) < 4.78 is 5.16. The molecule has 2 aromatic rings. The van der Waals surface area contributed by atoms with Gasteiger partial charge >= 0.3 is 6.09 Å². The Hall–Kier alpha value is -2.26. The minimum absolute atomic E-state index is 0.153. The fourth-order valence-corrected chi connectivity index (χ4v) is 6.24. The van der Waals surface area contributed by atoms with Crippen molar-refractivity contribution in [2.45, 2.75) is 45.2 Å². The summed E-state index contributed by atoms with van der Waals surface area (Å²) in [5, 5.41) is 9.18. The highest BCUT2D eigenvalue weighted by molar-refractivity contribution is 7.12. The molecule has 0 aromatic carbocycles. The van der Waals surface area contributed by atoms with Gasteiger partial charge in [-0.3, -0.25) is 4.90 Å². The van der Waals surface area contributed by atoms with E-state index in [-0.39, 0.29) is 6.09 Å². The van der Waals surface area contributed by atoms with E-state index in [1.54, 1.807) is 16.8 Å². The normalized spacial score (nSPS) is 25.6. The van der Waals surface area contributed by atoms with Crippen molar-refractivity contribution in [3.05, 3.63) is 23.8 Å². The number of hydrogen-bond donors (Lipinski definition) is 0. The van der Waals surface area contributed by atoms with E-state index in [9.17, 15) is 4.79 Å². The van der Waals surface area contributed by atoms with Gasteiger partial charge in [-0.2, -0.15) is 0 Å². The van der Waals surface area contributed by atoms with Gasteiger partial charge in [-0.15, -0.1) is 10.2 Å². The molecule has 31 heavy (non-hydrogen) atoms. The lowest BCUT2D eigenvalue weighted by atomic mass is 9.78. The summed E-state index contributed by atoms with van der Waals surface area (Å²) in [5.74, 6) is 1.01. The van der Waals surface area contributed by atoms with Crippen LogP contribution in [0.3, 0.4) is 0 Å². The number of pyridine rings is 1. The van der Waals surface area contributed by atoms with Crippen LogP contribution in [0.25, 0.3) is 10.6 Å². The van der Waals surface area contributed by atoms with Gasteiger partial charge in [0.2, 0.25) is 0 Å². The van der Waals surface area contributed by atoms with Crippen LogP contribution in [0.1, 0.15) is 33.1 Å². The number of carbonyl (C=O) groups excluding carboxylic acids is 1. The molecule has 0 radical (unpaired) electrons. The first-order chi connectivity index (χ1) is 15.1. The molecule has 2 atom stereocenters. The van der Waals surface area contributed by atoms with E-state index in [0.29, 0.717) is 24.1 Å². The highest BCUT2D eigenvalue weighted by Gasteiger charge is 2.51. The zero-order chi connectivity index (χ0) is 21.4. The van der Waals surface area contributed by atoms with Crippen molar-refractivity contribution < 1.29 is 9.53 Å². The third kappa shape index (κ3) is 3.89. The number of hydrogen-bond acceptors (Lipinski definition) is 8. The van der Waals surface area contributed by atoms with E-state index in [1.165, 1.54) is 19.3 Å².